The highest BCUT2D eigenvalue weighted by Crippen LogP contribution is 2.30. The van der Waals surface area contributed by atoms with Crippen LogP contribution in [0.4, 0.5) is 0 Å². The van der Waals surface area contributed by atoms with E-state index in [2.05, 4.69) is 31.9 Å². The fourth-order valence-corrected chi connectivity index (χ4v) is 5.45. The summed E-state index contributed by atoms with van der Waals surface area (Å²) < 4.78 is 27.8. The molecule has 1 atom stereocenters. The van der Waals surface area contributed by atoms with Crippen molar-refractivity contribution in [3.05, 3.63) is 27.1 Å². The van der Waals surface area contributed by atoms with E-state index in [0.717, 1.165) is 4.47 Å². The van der Waals surface area contributed by atoms with Crippen molar-refractivity contribution < 1.29 is 13.2 Å². The van der Waals surface area contributed by atoms with Crippen LogP contribution in [0.5, 0.6) is 0 Å². The fourth-order valence-electron chi connectivity index (χ4n) is 2.22. The minimum Gasteiger partial charge on any atom is -0.369 e. The van der Waals surface area contributed by atoms with Gasteiger partial charge in [-0.15, -0.1) is 0 Å². The number of benzene rings is 1. The number of hydrogen-bond donors (Lipinski definition) is 1. The highest BCUT2D eigenvalue weighted by Gasteiger charge is 2.33. The molecule has 1 unspecified atom stereocenters. The zero-order chi connectivity index (χ0) is 14.9. The Bertz CT molecular complexity index is 634. The van der Waals surface area contributed by atoms with Crippen molar-refractivity contribution in [3.8, 4) is 0 Å². The van der Waals surface area contributed by atoms with Crippen molar-refractivity contribution in [2.45, 2.75) is 17.7 Å². The van der Waals surface area contributed by atoms with Crippen LogP contribution in [-0.2, 0) is 14.8 Å². The van der Waals surface area contributed by atoms with E-state index in [0.29, 0.717) is 23.9 Å². The lowest BCUT2D eigenvalue weighted by atomic mass is 9.99. The molecule has 1 aromatic rings. The standard InChI is InChI=1S/C12H14Br2N2O3S/c13-9-3-4-11(10(14)6-9)20(18,19)16-5-1-2-8(7-16)12(15)17/h3-4,6,8H,1-2,5,7H2,(H2,15,17). The maximum absolute atomic E-state index is 12.6. The molecule has 0 spiro atoms. The summed E-state index contributed by atoms with van der Waals surface area (Å²) in [5.41, 5.74) is 5.29. The average Bonchev–Trinajstić information content (AvgIpc) is 2.38. The van der Waals surface area contributed by atoms with Gasteiger partial charge in [-0.1, -0.05) is 15.9 Å². The van der Waals surface area contributed by atoms with Crippen LogP contribution in [-0.4, -0.2) is 31.7 Å². The molecule has 2 rings (SSSR count). The second kappa shape index (κ2) is 6.13. The van der Waals surface area contributed by atoms with Crippen molar-refractivity contribution in [1.29, 1.82) is 0 Å². The predicted molar refractivity (Wildman–Crippen MR) is 82.5 cm³/mol. The predicted octanol–water partition coefficient (Wildman–Crippen LogP) is 2.10. The first-order chi connectivity index (χ1) is 9.32. The molecule has 0 aromatic heterocycles. The maximum Gasteiger partial charge on any atom is 0.244 e. The van der Waals surface area contributed by atoms with E-state index in [-0.39, 0.29) is 11.4 Å². The Hall–Kier alpha value is -0.440. The third-order valence-corrected chi connectivity index (χ3v) is 6.63. The second-order valence-electron chi connectivity index (χ2n) is 4.68. The van der Waals surface area contributed by atoms with Crippen molar-refractivity contribution in [2.24, 2.45) is 11.7 Å². The molecular formula is C12H14Br2N2O3S. The third-order valence-electron chi connectivity index (χ3n) is 3.30. The largest absolute Gasteiger partial charge is 0.369 e. The molecule has 110 valence electrons. The van der Waals surface area contributed by atoms with Gasteiger partial charge in [0.05, 0.1) is 10.8 Å². The highest BCUT2D eigenvalue weighted by molar-refractivity contribution is 9.11. The van der Waals surface area contributed by atoms with E-state index in [1.807, 2.05) is 0 Å². The second-order valence-corrected chi connectivity index (χ2v) is 8.36. The zero-order valence-corrected chi connectivity index (χ0v) is 14.5. The van der Waals surface area contributed by atoms with E-state index in [1.54, 1.807) is 12.1 Å². The Morgan fingerprint density at radius 3 is 2.65 bits per heavy atom. The van der Waals surface area contributed by atoms with Crippen molar-refractivity contribution in [3.63, 3.8) is 0 Å². The Balaban J connectivity index is 2.32. The van der Waals surface area contributed by atoms with Crippen molar-refractivity contribution in [2.75, 3.05) is 13.1 Å². The van der Waals surface area contributed by atoms with E-state index in [1.165, 1.54) is 10.4 Å². The van der Waals surface area contributed by atoms with Gasteiger partial charge in [-0.05, 0) is 47.0 Å². The molecule has 5 nitrogen and oxygen atoms in total. The monoisotopic (exact) mass is 424 g/mol. The first kappa shape index (κ1) is 15.9. The molecule has 0 radical (unpaired) electrons. The van der Waals surface area contributed by atoms with Gasteiger partial charge in [-0.2, -0.15) is 4.31 Å². The Labute approximate surface area is 134 Å². The molecule has 1 fully saturated rings. The van der Waals surface area contributed by atoms with Crippen molar-refractivity contribution in [1.82, 2.24) is 4.31 Å². The number of nitrogens with zero attached hydrogens (tertiary/aromatic N) is 1. The molecule has 1 aliphatic heterocycles. The van der Waals surface area contributed by atoms with Crippen LogP contribution in [0.2, 0.25) is 0 Å². The topological polar surface area (TPSA) is 80.5 Å². The minimum absolute atomic E-state index is 0.153. The summed E-state index contributed by atoms with van der Waals surface area (Å²) >= 11 is 6.55. The molecule has 1 aliphatic rings. The van der Waals surface area contributed by atoms with Gasteiger partial charge in [-0.25, -0.2) is 8.42 Å². The van der Waals surface area contributed by atoms with Gasteiger partial charge in [0.15, 0.2) is 0 Å². The Morgan fingerprint density at radius 1 is 1.35 bits per heavy atom. The average molecular weight is 426 g/mol. The number of carbonyl (C=O) groups is 1. The van der Waals surface area contributed by atoms with Gasteiger partial charge in [-0.3, -0.25) is 4.79 Å². The molecule has 0 aliphatic carbocycles. The smallest absolute Gasteiger partial charge is 0.244 e. The Morgan fingerprint density at radius 2 is 2.05 bits per heavy atom. The van der Waals surface area contributed by atoms with Gasteiger partial charge in [0, 0.05) is 22.0 Å². The Kier molecular flexibility index (Phi) is 4.88. The highest BCUT2D eigenvalue weighted by atomic mass is 79.9. The number of halogens is 2. The summed E-state index contributed by atoms with van der Waals surface area (Å²) in [6.45, 7) is 0.564. The molecule has 1 heterocycles. The van der Waals surface area contributed by atoms with Crippen LogP contribution in [0.1, 0.15) is 12.8 Å². The first-order valence-corrected chi connectivity index (χ1v) is 9.09. The van der Waals surface area contributed by atoms with Crippen LogP contribution in [0.25, 0.3) is 0 Å². The van der Waals surface area contributed by atoms with E-state index in [9.17, 15) is 13.2 Å². The van der Waals surface area contributed by atoms with E-state index < -0.39 is 21.8 Å². The quantitative estimate of drug-likeness (QED) is 0.804. The summed E-state index contributed by atoms with van der Waals surface area (Å²) in [5.74, 6) is -0.854. The lowest BCUT2D eigenvalue weighted by Crippen LogP contribution is -2.44. The summed E-state index contributed by atoms with van der Waals surface area (Å²) in [7, 11) is -3.62. The van der Waals surface area contributed by atoms with Crippen LogP contribution >= 0.6 is 31.9 Å². The SMILES string of the molecule is NC(=O)C1CCCN(S(=O)(=O)c2ccc(Br)cc2Br)C1. The molecule has 8 heteroatoms. The van der Waals surface area contributed by atoms with Crippen LogP contribution in [0.3, 0.4) is 0 Å². The van der Waals surface area contributed by atoms with Crippen molar-refractivity contribution >= 4 is 47.8 Å². The molecule has 1 amide bonds. The normalized spacial score (nSPS) is 20.8. The van der Waals surface area contributed by atoms with Gasteiger partial charge >= 0.3 is 0 Å². The summed E-state index contributed by atoms with van der Waals surface area (Å²) in [4.78, 5) is 11.5. The number of primary amides is 1. The molecule has 2 N–H and O–H groups in total. The van der Waals surface area contributed by atoms with Gasteiger partial charge in [0.25, 0.3) is 0 Å². The summed E-state index contributed by atoms with van der Waals surface area (Å²) in [5, 5.41) is 0. The zero-order valence-electron chi connectivity index (χ0n) is 10.6. The van der Waals surface area contributed by atoms with Gasteiger partial charge in [0.2, 0.25) is 15.9 Å². The summed E-state index contributed by atoms with van der Waals surface area (Å²) in [6.07, 6.45) is 1.28. The number of amides is 1. The molecule has 0 saturated carbocycles. The van der Waals surface area contributed by atoms with E-state index >= 15 is 0 Å². The van der Waals surface area contributed by atoms with Crippen LogP contribution in [0.15, 0.2) is 32.0 Å². The molecular weight excluding hydrogens is 412 g/mol. The molecule has 1 aromatic carbocycles. The third kappa shape index (κ3) is 3.24. The van der Waals surface area contributed by atoms with Gasteiger partial charge in [0.1, 0.15) is 0 Å². The number of sulfonamides is 1. The van der Waals surface area contributed by atoms with Crippen LogP contribution < -0.4 is 5.73 Å². The molecule has 1 saturated heterocycles. The number of hydrogen-bond acceptors (Lipinski definition) is 3. The lowest BCUT2D eigenvalue weighted by Gasteiger charge is -2.30. The minimum atomic E-state index is -3.62. The first-order valence-electron chi connectivity index (χ1n) is 6.07. The molecule has 20 heavy (non-hydrogen) atoms. The maximum atomic E-state index is 12.6. The van der Waals surface area contributed by atoms with Gasteiger partial charge < -0.3 is 5.73 Å². The fraction of sp³-hybridized carbons (Fsp3) is 0.417. The summed E-state index contributed by atoms with van der Waals surface area (Å²) in [6, 6.07) is 4.90. The lowest BCUT2D eigenvalue weighted by molar-refractivity contribution is -0.122. The molecule has 0 bridgehead atoms. The van der Waals surface area contributed by atoms with E-state index in [4.69, 9.17) is 5.73 Å². The van der Waals surface area contributed by atoms with Crippen LogP contribution in [0, 0.1) is 5.92 Å². The number of piperidine rings is 1. The number of rotatable bonds is 3. The number of nitrogens with two attached hydrogens (primary N) is 1. The number of carbonyl (C=O) groups excluding carboxylic acids is 1.